The van der Waals surface area contributed by atoms with Gasteiger partial charge in [0.05, 0.1) is 17.6 Å². The summed E-state index contributed by atoms with van der Waals surface area (Å²) >= 11 is 0. The molecule has 1 aliphatic rings. The van der Waals surface area contributed by atoms with E-state index in [1.54, 1.807) is 36.3 Å². The number of hydrogen-bond donors (Lipinski definition) is 1. The van der Waals surface area contributed by atoms with Gasteiger partial charge in [-0.15, -0.1) is 0 Å². The lowest BCUT2D eigenvalue weighted by atomic mass is 10.0. The highest BCUT2D eigenvalue weighted by Crippen LogP contribution is 2.30. The molecule has 3 aromatic rings. The number of hydrogen-bond acceptors (Lipinski definition) is 5. The summed E-state index contributed by atoms with van der Waals surface area (Å²) in [5, 5.41) is 2.97. The maximum Gasteiger partial charge on any atom is 0.257 e. The van der Waals surface area contributed by atoms with E-state index in [1.165, 1.54) is 12.8 Å². The molecule has 1 saturated carbocycles. The van der Waals surface area contributed by atoms with E-state index in [-0.39, 0.29) is 11.8 Å². The van der Waals surface area contributed by atoms with E-state index in [9.17, 15) is 9.59 Å². The number of amides is 2. The van der Waals surface area contributed by atoms with Crippen molar-refractivity contribution in [3.63, 3.8) is 0 Å². The Morgan fingerprint density at radius 1 is 1.14 bits per heavy atom. The number of imidazole rings is 1. The van der Waals surface area contributed by atoms with Gasteiger partial charge in [0, 0.05) is 45.0 Å². The zero-order valence-electron chi connectivity index (χ0n) is 21.5. The number of nitrogens with one attached hydrogen (secondary N) is 1. The lowest BCUT2D eigenvalue weighted by Crippen LogP contribution is -2.27. The van der Waals surface area contributed by atoms with E-state index in [4.69, 9.17) is 14.5 Å². The van der Waals surface area contributed by atoms with Gasteiger partial charge >= 0.3 is 0 Å². The Morgan fingerprint density at radius 2 is 1.89 bits per heavy atom. The number of benzene rings is 2. The lowest BCUT2D eigenvalue weighted by Gasteiger charge is -2.19. The number of ether oxygens (including phenoxy) is 2. The maximum absolute atomic E-state index is 13.0. The van der Waals surface area contributed by atoms with Gasteiger partial charge in [-0.05, 0) is 74.6 Å². The quantitative estimate of drug-likeness (QED) is 0.369. The average molecular weight is 493 g/mol. The van der Waals surface area contributed by atoms with Crippen LogP contribution in [-0.4, -0.2) is 48.7 Å². The second kappa shape index (κ2) is 12.0. The smallest absolute Gasteiger partial charge is 0.257 e. The molecule has 1 aliphatic carbocycles. The molecular weight excluding hydrogens is 456 g/mol. The monoisotopic (exact) mass is 492 g/mol. The van der Waals surface area contributed by atoms with Crippen LogP contribution in [-0.2, 0) is 16.1 Å². The van der Waals surface area contributed by atoms with Gasteiger partial charge in [-0.3, -0.25) is 14.9 Å². The summed E-state index contributed by atoms with van der Waals surface area (Å²) in [6, 6.07) is 12.9. The van der Waals surface area contributed by atoms with Crippen molar-refractivity contribution in [1.82, 2.24) is 9.55 Å². The van der Waals surface area contributed by atoms with Crippen molar-refractivity contribution in [1.29, 1.82) is 0 Å². The Hall–Kier alpha value is -3.39. The number of aryl methyl sites for hydroxylation is 1. The molecule has 36 heavy (non-hydrogen) atoms. The molecule has 8 nitrogen and oxygen atoms in total. The predicted molar refractivity (Wildman–Crippen MR) is 142 cm³/mol. The second-order valence-corrected chi connectivity index (χ2v) is 9.33. The summed E-state index contributed by atoms with van der Waals surface area (Å²) in [4.78, 5) is 32.3. The normalized spacial score (nSPS) is 13.8. The molecule has 0 unspecified atom stereocenters. The standard InChI is InChI=1S/C28H36N4O4/c1-4-36-23-13-10-21(11-14-23)27(34)30-28-29-24-19-22(12-15-25(24)32(28)16-7-17-35-3)31(2)26(33)18-20-8-5-6-9-20/h10-15,19-20H,4-9,16-18H2,1-3H3,(H,29,30,34). The number of methoxy groups -OCH3 is 1. The summed E-state index contributed by atoms with van der Waals surface area (Å²) in [7, 11) is 3.49. The van der Waals surface area contributed by atoms with Crippen molar-refractivity contribution in [2.75, 3.05) is 37.6 Å². The van der Waals surface area contributed by atoms with Crippen LogP contribution in [0.4, 0.5) is 11.6 Å². The molecule has 0 atom stereocenters. The zero-order valence-corrected chi connectivity index (χ0v) is 21.5. The van der Waals surface area contributed by atoms with E-state index in [1.807, 2.05) is 36.7 Å². The highest BCUT2D eigenvalue weighted by atomic mass is 16.5. The molecule has 4 rings (SSSR count). The molecule has 0 radical (unpaired) electrons. The molecule has 0 bridgehead atoms. The fourth-order valence-corrected chi connectivity index (χ4v) is 4.80. The van der Waals surface area contributed by atoms with E-state index < -0.39 is 0 Å². The third-order valence-electron chi connectivity index (χ3n) is 6.81. The number of aromatic nitrogens is 2. The Kier molecular flexibility index (Phi) is 8.59. The molecule has 0 aliphatic heterocycles. The van der Waals surface area contributed by atoms with Crippen LogP contribution < -0.4 is 15.0 Å². The minimum absolute atomic E-state index is 0.129. The fourth-order valence-electron chi connectivity index (χ4n) is 4.80. The first-order valence-electron chi connectivity index (χ1n) is 12.8. The predicted octanol–water partition coefficient (Wildman–Crippen LogP) is 5.27. The third-order valence-corrected chi connectivity index (χ3v) is 6.81. The lowest BCUT2D eigenvalue weighted by molar-refractivity contribution is -0.119. The van der Waals surface area contributed by atoms with Crippen molar-refractivity contribution in [3.8, 4) is 5.75 Å². The zero-order chi connectivity index (χ0) is 25.5. The van der Waals surface area contributed by atoms with Gasteiger partial charge in [0.2, 0.25) is 11.9 Å². The SMILES string of the molecule is CCOc1ccc(C(=O)Nc2nc3cc(N(C)C(=O)CC4CCCC4)ccc3n2CCCOC)cc1. The molecule has 0 spiro atoms. The van der Waals surface area contributed by atoms with Gasteiger partial charge in [0.1, 0.15) is 5.75 Å². The number of anilines is 2. The van der Waals surface area contributed by atoms with Crippen LogP contribution in [0.5, 0.6) is 5.75 Å². The molecule has 1 aromatic heterocycles. The van der Waals surface area contributed by atoms with Crippen LogP contribution in [0.3, 0.4) is 0 Å². The third kappa shape index (κ3) is 6.05. The topological polar surface area (TPSA) is 85.7 Å². The van der Waals surface area contributed by atoms with E-state index in [0.29, 0.717) is 43.6 Å². The van der Waals surface area contributed by atoms with E-state index >= 15 is 0 Å². The van der Waals surface area contributed by atoms with Gasteiger partial charge in [0.25, 0.3) is 5.91 Å². The summed E-state index contributed by atoms with van der Waals surface area (Å²) < 4.78 is 12.7. The number of carbonyl (C=O) groups is 2. The van der Waals surface area contributed by atoms with Gasteiger partial charge < -0.3 is 18.9 Å². The van der Waals surface area contributed by atoms with Crippen molar-refractivity contribution in [3.05, 3.63) is 48.0 Å². The van der Waals surface area contributed by atoms with Crippen LogP contribution in [0.15, 0.2) is 42.5 Å². The van der Waals surface area contributed by atoms with Crippen LogP contribution in [0, 0.1) is 5.92 Å². The largest absolute Gasteiger partial charge is 0.494 e. The highest BCUT2D eigenvalue weighted by Gasteiger charge is 2.22. The summed E-state index contributed by atoms with van der Waals surface area (Å²) in [5.74, 6) is 1.57. The van der Waals surface area contributed by atoms with Gasteiger partial charge in [0.15, 0.2) is 0 Å². The Bertz CT molecular complexity index is 1180. The number of nitrogens with zero attached hydrogens (tertiary/aromatic N) is 3. The Morgan fingerprint density at radius 3 is 2.58 bits per heavy atom. The molecule has 0 saturated heterocycles. The van der Waals surface area contributed by atoms with Crippen molar-refractivity contribution >= 4 is 34.5 Å². The first kappa shape index (κ1) is 25.7. The van der Waals surface area contributed by atoms with Crippen molar-refractivity contribution in [2.24, 2.45) is 5.92 Å². The molecular formula is C28H36N4O4. The maximum atomic E-state index is 13.0. The van der Waals surface area contributed by atoms with Crippen LogP contribution in [0.2, 0.25) is 0 Å². The molecule has 8 heteroatoms. The molecule has 1 heterocycles. The van der Waals surface area contributed by atoms with Gasteiger partial charge in [-0.1, -0.05) is 12.8 Å². The fraction of sp³-hybridized carbons (Fsp3) is 0.464. The minimum atomic E-state index is -0.245. The molecule has 192 valence electrons. The van der Waals surface area contributed by atoms with Crippen LogP contribution in [0.25, 0.3) is 11.0 Å². The van der Waals surface area contributed by atoms with Crippen molar-refractivity contribution < 1.29 is 19.1 Å². The Balaban J connectivity index is 1.56. The molecule has 1 fully saturated rings. The molecule has 2 amide bonds. The van der Waals surface area contributed by atoms with Crippen molar-refractivity contribution in [2.45, 2.75) is 52.0 Å². The second-order valence-electron chi connectivity index (χ2n) is 9.33. The van der Waals surface area contributed by atoms with Gasteiger partial charge in [-0.25, -0.2) is 4.98 Å². The van der Waals surface area contributed by atoms with Crippen LogP contribution >= 0.6 is 0 Å². The van der Waals surface area contributed by atoms with Gasteiger partial charge in [-0.2, -0.15) is 0 Å². The Labute approximate surface area is 212 Å². The highest BCUT2D eigenvalue weighted by molar-refractivity contribution is 6.04. The summed E-state index contributed by atoms with van der Waals surface area (Å²) in [6.45, 7) is 3.73. The first-order chi connectivity index (χ1) is 17.5. The first-order valence-corrected chi connectivity index (χ1v) is 12.8. The minimum Gasteiger partial charge on any atom is -0.494 e. The van der Waals surface area contributed by atoms with Crippen LogP contribution in [0.1, 0.15) is 55.8 Å². The summed E-state index contributed by atoms with van der Waals surface area (Å²) in [6.07, 6.45) is 6.08. The number of fused-ring (bicyclic) bond motifs is 1. The van der Waals surface area contributed by atoms with E-state index in [2.05, 4.69) is 5.32 Å². The molecule has 1 N–H and O–H groups in total. The van der Waals surface area contributed by atoms with E-state index in [0.717, 1.165) is 41.7 Å². The number of rotatable bonds is 11. The summed E-state index contributed by atoms with van der Waals surface area (Å²) in [5.41, 5.74) is 2.95. The average Bonchev–Trinajstić information content (AvgIpc) is 3.51. The molecule has 2 aromatic carbocycles. The number of carbonyl (C=O) groups excluding carboxylic acids is 2.